The van der Waals surface area contributed by atoms with Crippen LogP contribution >= 0.6 is 0 Å². The van der Waals surface area contributed by atoms with Gasteiger partial charge in [-0.2, -0.15) is 4.31 Å². The van der Waals surface area contributed by atoms with Gasteiger partial charge in [-0.05, 0) is 18.9 Å². The summed E-state index contributed by atoms with van der Waals surface area (Å²) in [5.41, 5.74) is 1.90. The topological polar surface area (TPSA) is 66.5 Å². The second-order valence-corrected chi connectivity index (χ2v) is 7.51. The molecule has 2 atom stereocenters. The monoisotopic (exact) mass is 294 g/mol. The fourth-order valence-electron chi connectivity index (χ4n) is 3.02. The predicted octanol–water partition coefficient (Wildman–Crippen LogP) is 0.788. The molecule has 1 N–H and O–H groups in total. The Labute approximate surface area is 119 Å². The van der Waals surface area contributed by atoms with Crippen LogP contribution in [0.1, 0.15) is 24.0 Å². The Balaban J connectivity index is 1.78. The number of nitrogens with one attached hydrogen (secondary N) is 1. The van der Waals surface area contributed by atoms with Gasteiger partial charge >= 0.3 is 0 Å². The van der Waals surface area contributed by atoms with E-state index in [1.54, 1.807) is 0 Å². The number of amides is 1. The van der Waals surface area contributed by atoms with Crippen LogP contribution in [0.2, 0.25) is 0 Å². The van der Waals surface area contributed by atoms with Crippen LogP contribution in [0, 0.1) is 6.92 Å². The van der Waals surface area contributed by atoms with E-state index in [4.69, 9.17) is 0 Å². The second kappa shape index (κ2) is 4.86. The molecule has 2 fully saturated rings. The number of hydrogen-bond donors (Lipinski definition) is 1. The van der Waals surface area contributed by atoms with Crippen molar-refractivity contribution in [1.82, 2.24) is 9.62 Å². The van der Waals surface area contributed by atoms with Gasteiger partial charge < -0.3 is 5.32 Å². The summed E-state index contributed by atoms with van der Waals surface area (Å²) in [5.74, 6) is -0.0414. The molecule has 2 aliphatic rings. The predicted molar refractivity (Wildman–Crippen MR) is 75.5 cm³/mol. The minimum absolute atomic E-state index is 0.00436. The van der Waals surface area contributed by atoms with Crippen molar-refractivity contribution in [3.8, 4) is 0 Å². The zero-order valence-electron chi connectivity index (χ0n) is 11.4. The average Bonchev–Trinajstić information content (AvgIpc) is 2.90. The van der Waals surface area contributed by atoms with Crippen molar-refractivity contribution < 1.29 is 13.2 Å². The molecular weight excluding hydrogens is 276 g/mol. The van der Waals surface area contributed by atoms with Crippen LogP contribution < -0.4 is 5.32 Å². The molecule has 2 saturated heterocycles. The maximum absolute atomic E-state index is 12.5. The first-order valence-corrected chi connectivity index (χ1v) is 8.41. The minimum Gasteiger partial charge on any atom is -0.352 e. The Morgan fingerprint density at radius 2 is 2.00 bits per heavy atom. The summed E-state index contributed by atoms with van der Waals surface area (Å²) in [4.78, 5) is 11.4. The van der Waals surface area contributed by atoms with Crippen LogP contribution in [0.4, 0.5) is 0 Å². The van der Waals surface area contributed by atoms with E-state index in [0.29, 0.717) is 13.0 Å². The van der Waals surface area contributed by atoms with Crippen molar-refractivity contribution in [3.63, 3.8) is 0 Å². The Morgan fingerprint density at radius 3 is 2.70 bits per heavy atom. The highest BCUT2D eigenvalue weighted by atomic mass is 32.2. The third kappa shape index (κ3) is 2.45. The van der Waals surface area contributed by atoms with Gasteiger partial charge in [-0.3, -0.25) is 4.79 Å². The molecule has 0 radical (unpaired) electrons. The molecule has 1 aromatic rings. The highest BCUT2D eigenvalue weighted by molar-refractivity contribution is 7.88. The van der Waals surface area contributed by atoms with E-state index in [9.17, 15) is 13.2 Å². The van der Waals surface area contributed by atoms with Gasteiger partial charge in [0.05, 0.1) is 11.8 Å². The Bertz CT molecular complexity index is 624. The number of carbonyl (C=O) groups is 1. The molecule has 1 aromatic carbocycles. The van der Waals surface area contributed by atoms with Gasteiger partial charge in [0, 0.05) is 19.0 Å². The van der Waals surface area contributed by atoms with Crippen molar-refractivity contribution >= 4 is 15.9 Å². The Kier molecular flexibility index (Phi) is 3.30. The summed E-state index contributed by atoms with van der Waals surface area (Å²) in [7, 11) is -3.36. The molecule has 1 amide bonds. The quantitative estimate of drug-likeness (QED) is 0.896. The van der Waals surface area contributed by atoms with E-state index in [0.717, 1.165) is 11.1 Å². The SMILES string of the molecule is Cc1ccc(CS(=O)(=O)N2CC[C@@H]3NC(=O)C[C@@H]32)cc1. The number of nitrogens with zero attached hydrogens (tertiary/aromatic N) is 1. The number of fused-ring (bicyclic) bond motifs is 1. The summed E-state index contributed by atoms with van der Waals surface area (Å²) < 4.78 is 26.6. The molecule has 0 unspecified atom stereocenters. The first kappa shape index (κ1) is 13.6. The zero-order chi connectivity index (χ0) is 14.3. The molecule has 3 rings (SSSR count). The number of carbonyl (C=O) groups excluding carboxylic acids is 1. The van der Waals surface area contributed by atoms with E-state index in [1.165, 1.54) is 4.31 Å². The smallest absolute Gasteiger partial charge is 0.221 e. The second-order valence-electron chi connectivity index (χ2n) is 5.59. The molecule has 0 saturated carbocycles. The van der Waals surface area contributed by atoms with Gasteiger partial charge in [-0.25, -0.2) is 8.42 Å². The molecule has 108 valence electrons. The van der Waals surface area contributed by atoms with Crippen LogP contribution in [-0.4, -0.2) is 37.3 Å². The van der Waals surface area contributed by atoms with E-state index < -0.39 is 10.0 Å². The summed E-state index contributed by atoms with van der Waals surface area (Å²) in [6.45, 7) is 2.48. The minimum atomic E-state index is -3.36. The van der Waals surface area contributed by atoms with E-state index in [-0.39, 0.29) is 30.2 Å². The molecule has 6 heteroatoms. The normalized spacial score (nSPS) is 26.6. The van der Waals surface area contributed by atoms with Gasteiger partial charge in [0.25, 0.3) is 0 Å². The van der Waals surface area contributed by atoms with E-state index >= 15 is 0 Å². The number of benzene rings is 1. The summed E-state index contributed by atoms with van der Waals surface area (Å²) >= 11 is 0. The van der Waals surface area contributed by atoms with Crippen molar-refractivity contribution in [3.05, 3.63) is 35.4 Å². The zero-order valence-corrected chi connectivity index (χ0v) is 12.2. The molecule has 0 aromatic heterocycles. The Morgan fingerprint density at radius 1 is 1.30 bits per heavy atom. The molecule has 20 heavy (non-hydrogen) atoms. The molecular formula is C14H18N2O3S. The van der Waals surface area contributed by atoms with Crippen LogP contribution in [0.5, 0.6) is 0 Å². The third-order valence-corrected chi connectivity index (χ3v) is 5.93. The lowest BCUT2D eigenvalue weighted by atomic mass is 10.1. The fraction of sp³-hybridized carbons (Fsp3) is 0.500. The maximum atomic E-state index is 12.5. The molecule has 0 bridgehead atoms. The van der Waals surface area contributed by atoms with Crippen LogP contribution in [-0.2, 0) is 20.6 Å². The van der Waals surface area contributed by atoms with Gasteiger partial charge in [0.1, 0.15) is 0 Å². The lowest BCUT2D eigenvalue weighted by Crippen LogP contribution is -2.39. The van der Waals surface area contributed by atoms with E-state index in [1.807, 2.05) is 31.2 Å². The fourth-order valence-corrected chi connectivity index (χ4v) is 4.81. The summed E-state index contributed by atoms with van der Waals surface area (Å²) in [6, 6.07) is 7.32. The lowest BCUT2D eigenvalue weighted by molar-refractivity contribution is -0.119. The first-order chi connectivity index (χ1) is 9.45. The third-order valence-electron chi connectivity index (χ3n) is 4.06. The van der Waals surface area contributed by atoms with Crippen LogP contribution in [0.15, 0.2) is 24.3 Å². The summed E-state index contributed by atoms with van der Waals surface area (Å²) in [5, 5.41) is 2.84. The molecule has 2 heterocycles. The molecule has 0 spiro atoms. The highest BCUT2D eigenvalue weighted by Gasteiger charge is 2.46. The largest absolute Gasteiger partial charge is 0.352 e. The lowest BCUT2D eigenvalue weighted by Gasteiger charge is -2.22. The average molecular weight is 294 g/mol. The molecule has 5 nitrogen and oxygen atoms in total. The van der Waals surface area contributed by atoms with Gasteiger partial charge in [0.2, 0.25) is 15.9 Å². The van der Waals surface area contributed by atoms with Crippen LogP contribution in [0.25, 0.3) is 0 Å². The Hall–Kier alpha value is -1.40. The van der Waals surface area contributed by atoms with Crippen LogP contribution in [0.3, 0.4) is 0 Å². The molecule has 0 aliphatic carbocycles. The highest BCUT2D eigenvalue weighted by Crippen LogP contribution is 2.29. The van der Waals surface area contributed by atoms with E-state index in [2.05, 4.69) is 5.32 Å². The summed E-state index contributed by atoms with van der Waals surface area (Å²) in [6.07, 6.45) is 1.00. The standard InChI is InChI=1S/C14H18N2O3S/c1-10-2-4-11(5-3-10)9-20(18,19)16-7-6-12-13(16)8-14(17)15-12/h2-5,12-13H,6-9H2,1H3,(H,15,17)/t12-,13-/m0/s1. The first-order valence-electron chi connectivity index (χ1n) is 6.80. The van der Waals surface area contributed by atoms with Gasteiger partial charge in [-0.15, -0.1) is 0 Å². The van der Waals surface area contributed by atoms with Crippen molar-refractivity contribution in [2.45, 2.75) is 37.6 Å². The number of aryl methyl sites for hydroxylation is 1. The van der Waals surface area contributed by atoms with Crippen molar-refractivity contribution in [1.29, 1.82) is 0 Å². The number of sulfonamides is 1. The van der Waals surface area contributed by atoms with Gasteiger partial charge in [-0.1, -0.05) is 29.8 Å². The van der Waals surface area contributed by atoms with Crippen molar-refractivity contribution in [2.24, 2.45) is 0 Å². The van der Waals surface area contributed by atoms with Crippen molar-refractivity contribution in [2.75, 3.05) is 6.54 Å². The number of hydrogen-bond acceptors (Lipinski definition) is 3. The maximum Gasteiger partial charge on any atom is 0.221 e. The molecule has 2 aliphatic heterocycles. The number of rotatable bonds is 3. The van der Waals surface area contributed by atoms with Gasteiger partial charge in [0.15, 0.2) is 0 Å².